The van der Waals surface area contributed by atoms with Gasteiger partial charge in [-0.15, -0.1) is 0 Å². The van der Waals surface area contributed by atoms with E-state index in [-0.39, 0.29) is 5.78 Å². The Labute approximate surface area is 114 Å². The van der Waals surface area contributed by atoms with Gasteiger partial charge in [0.15, 0.2) is 5.78 Å². The molecule has 1 heterocycles. The van der Waals surface area contributed by atoms with Gasteiger partial charge in [-0.3, -0.25) is 4.79 Å². The van der Waals surface area contributed by atoms with Crippen LogP contribution in [0.3, 0.4) is 0 Å². The van der Waals surface area contributed by atoms with Crippen molar-refractivity contribution in [3.8, 4) is 0 Å². The lowest BCUT2D eigenvalue weighted by atomic mass is 9.85. The van der Waals surface area contributed by atoms with E-state index >= 15 is 0 Å². The molecule has 1 saturated carbocycles. The molecular weight excluding hydrogens is 236 g/mol. The maximum atomic E-state index is 11.6. The highest BCUT2D eigenvalue weighted by Gasteiger charge is 2.35. The van der Waals surface area contributed by atoms with Gasteiger partial charge in [0, 0.05) is 29.5 Å². The first kappa shape index (κ1) is 12.5. The van der Waals surface area contributed by atoms with Crippen molar-refractivity contribution in [3.05, 3.63) is 23.8 Å². The quantitative estimate of drug-likeness (QED) is 0.654. The van der Waals surface area contributed by atoms with Crippen LogP contribution in [-0.2, 0) is 0 Å². The lowest BCUT2D eigenvalue weighted by Crippen LogP contribution is -2.34. The molecule has 2 fully saturated rings. The second-order valence-corrected chi connectivity index (χ2v) is 5.92. The molecule has 1 aliphatic carbocycles. The highest BCUT2D eigenvalue weighted by molar-refractivity contribution is 6.00. The molecule has 0 bridgehead atoms. The van der Waals surface area contributed by atoms with Crippen LogP contribution in [0.5, 0.6) is 0 Å². The number of hydrogen-bond donors (Lipinski definition) is 1. The molecule has 2 aliphatic rings. The largest absolute Gasteiger partial charge is 0.398 e. The molecule has 1 saturated heterocycles. The summed E-state index contributed by atoms with van der Waals surface area (Å²) in [7, 11) is 0. The maximum absolute atomic E-state index is 11.6. The number of fused-ring (bicyclic) bond motifs is 1. The number of nitrogen functional groups attached to an aromatic ring is 1. The number of hydrogen-bond acceptors (Lipinski definition) is 3. The number of nitrogens with two attached hydrogens (primary N) is 1. The van der Waals surface area contributed by atoms with E-state index in [9.17, 15) is 4.79 Å². The molecule has 0 amide bonds. The molecule has 1 aromatic carbocycles. The Bertz CT molecular complexity index is 498. The number of benzene rings is 1. The third-order valence-electron chi connectivity index (χ3n) is 4.76. The van der Waals surface area contributed by atoms with Crippen LogP contribution in [0.25, 0.3) is 0 Å². The highest BCUT2D eigenvalue weighted by Crippen LogP contribution is 2.39. The second-order valence-electron chi connectivity index (χ2n) is 5.92. The molecule has 2 N–H and O–H groups in total. The van der Waals surface area contributed by atoms with Crippen molar-refractivity contribution in [3.63, 3.8) is 0 Å². The summed E-state index contributed by atoms with van der Waals surface area (Å²) in [6.45, 7) is 2.71. The Hall–Kier alpha value is -1.51. The summed E-state index contributed by atoms with van der Waals surface area (Å²) in [6, 6.07) is 6.60. The van der Waals surface area contributed by atoms with Gasteiger partial charge in [-0.05, 0) is 50.3 Å². The van der Waals surface area contributed by atoms with Crippen LogP contribution in [0.2, 0.25) is 0 Å². The van der Waals surface area contributed by atoms with Gasteiger partial charge in [0.2, 0.25) is 0 Å². The number of carbonyl (C=O) groups excluding carboxylic acids is 1. The standard InChI is InChI=1S/C16H22N2O/c1-11(19)14-10-13(6-7-15(14)17)18-9-8-12-4-2-3-5-16(12)18/h6-7,10,12,16H,2-5,8-9,17H2,1H3. The van der Waals surface area contributed by atoms with Gasteiger partial charge in [0.05, 0.1) is 0 Å². The first-order valence-electron chi connectivity index (χ1n) is 7.34. The van der Waals surface area contributed by atoms with Gasteiger partial charge < -0.3 is 10.6 Å². The second kappa shape index (κ2) is 4.87. The van der Waals surface area contributed by atoms with E-state index in [1.54, 1.807) is 6.92 Å². The molecule has 102 valence electrons. The minimum atomic E-state index is 0.0544. The summed E-state index contributed by atoms with van der Waals surface area (Å²) >= 11 is 0. The smallest absolute Gasteiger partial charge is 0.161 e. The Morgan fingerprint density at radius 1 is 1.26 bits per heavy atom. The molecular formula is C16H22N2O. The zero-order valence-electron chi connectivity index (χ0n) is 11.6. The van der Waals surface area contributed by atoms with Crippen molar-refractivity contribution in [1.29, 1.82) is 0 Å². The van der Waals surface area contributed by atoms with Gasteiger partial charge >= 0.3 is 0 Å². The van der Waals surface area contributed by atoms with Crippen molar-refractivity contribution < 1.29 is 4.79 Å². The average molecular weight is 258 g/mol. The van der Waals surface area contributed by atoms with Crippen LogP contribution in [0.1, 0.15) is 49.4 Å². The lowest BCUT2D eigenvalue weighted by molar-refractivity contribution is 0.101. The Balaban J connectivity index is 1.90. The normalized spacial score (nSPS) is 26.3. The third-order valence-corrected chi connectivity index (χ3v) is 4.76. The molecule has 3 heteroatoms. The van der Waals surface area contributed by atoms with Crippen LogP contribution >= 0.6 is 0 Å². The fraction of sp³-hybridized carbons (Fsp3) is 0.562. The summed E-state index contributed by atoms with van der Waals surface area (Å²) < 4.78 is 0. The topological polar surface area (TPSA) is 46.3 Å². The summed E-state index contributed by atoms with van der Waals surface area (Å²) in [5, 5.41) is 0. The van der Waals surface area contributed by atoms with Crippen LogP contribution in [0.4, 0.5) is 11.4 Å². The minimum Gasteiger partial charge on any atom is -0.398 e. The van der Waals surface area contributed by atoms with Crippen LogP contribution in [0.15, 0.2) is 18.2 Å². The maximum Gasteiger partial charge on any atom is 0.161 e. The predicted molar refractivity (Wildman–Crippen MR) is 78.6 cm³/mol. The molecule has 3 rings (SSSR count). The lowest BCUT2D eigenvalue weighted by Gasteiger charge is -2.33. The summed E-state index contributed by atoms with van der Waals surface area (Å²) in [5.74, 6) is 0.908. The Kier molecular flexibility index (Phi) is 3.21. The van der Waals surface area contributed by atoms with Crippen molar-refractivity contribution in [2.45, 2.75) is 45.1 Å². The van der Waals surface area contributed by atoms with Crippen molar-refractivity contribution in [2.75, 3.05) is 17.2 Å². The summed E-state index contributed by atoms with van der Waals surface area (Å²) in [6.07, 6.45) is 6.69. The number of anilines is 2. The molecule has 0 spiro atoms. The average Bonchev–Trinajstić information content (AvgIpc) is 2.83. The van der Waals surface area contributed by atoms with Crippen molar-refractivity contribution in [2.24, 2.45) is 5.92 Å². The third kappa shape index (κ3) is 2.22. The molecule has 0 radical (unpaired) electrons. The van der Waals surface area contributed by atoms with E-state index in [0.29, 0.717) is 17.3 Å². The first-order chi connectivity index (χ1) is 9.16. The van der Waals surface area contributed by atoms with Gasteiger partial charge in [-0.25, -0.2) is 0 Å². The first-order valence-corrected chi connectivity index (χ1v) is 7.34. The number of carbonyl (C=O) groups is 1. The van der Waals surface area contributed by atoms with E-state index in [0.717, 1.165) is 12.5 Å². The van der Waals surface area contributed by atoms with Gasteiger partial charge in [0.1, 0.15) is 0 Å². The number of rotatable bonds is 2. The van der Waals surface area contributed by atoms with E-state index in [2.05, 4.69) is 11.0 Å². The van der Waals surface area contributed by atoms with Gasteiger partial charge in [0.25, 0.3) is 0 Å². The Morgan fingerprint density at radius 2 is 2.05 bits per heavy atom. The zero-order valence-corrected chi connectivity index (χ0v) is 11.6. The highest BCUT2D eigenvalue weighted by atomic mass is 16.1. The van der Waals surface area contributed by atoms with E-state index in [1.165, 1.54) is 37.8 Å². The minimum absolute atomic E-state index is 0.0544. The summed E-state index contributed by atoms with van der Waals surface area (Å²) in [5.41, 5.74) is 8.31. The fourth-order valence-corrected chi connectivity index (χ4v) is 3.75. The van der Waals surface area contributed by atoms with Crippen LogP contribution in [-0.4, -0.2) is 18.4 Å². The van der Waals surface area contributed by atoms with Crippen molar-refractivity contribution in [1.82, 2.24) is 0 Å². The predicted octanol–water partition coefficient (Wildman–Crippen LogP) is 3.24. The number of ketones is 1. The van der Waals surface area contributed by atoms with E-state index < -0.39 is 0 Å². The fourth-order valence-electron chi connectivity index (χ4n) is 3.75. The van der Waals surface area contributed by atoms with Crippen LogP contribution < -0.4 is 10.6 Å². The molecule has 19 heavy (non-hydrogen) atoms. The molecule has 3 nitrogen and oxygen atoms in total. The molecule has 0 aromatic heterocycles. The van der Waals surface area contributed by atoms with Crippen molar-refractivity contribution >= 4 is 17.2 Å². The zero-order chi connectivity index (χ0) is 13.4. The van der Waals surface area contributed by atoms with Gasteiger partial charge in [-0.1, -0.05) is 12.8 Å². The van der Waals surface area contributed by atoms with Crippen LogP contribution in [0, 0.1) is 5.92 Å². The SMILES string of the molecule is CC(=O)c1cc(N2CCC3CCCCC32)ccc1N. The number of nitrogens with zero attached hydrogens (tertiary/aromatic N) is 1. The molecule has 1 aromatic rings. The molecule has 2 unspecified atom stereocenters. The molecule has 2 atom stereocenters. The number of Topliss-reactive ketones (excluding diaryl/α,β-unsaturated/α-hetero) is 1. The summed E-state index contributed by atoms with van der Waals surface area (Å²) in [4.78, 5) is 14.1. The van der Waals surface area contributed by atoms with Gasteiger partial charge in [-0.2, -0.15) is 0 Å². The van der Waals surface area contributed by atoms with E-state index in [1.807, 2.05) is 12.1 Å². The Morgan fingerprint density at radius 3 is 2.84 bits per heavy atom. The monoisotopic (exact) mass is 258 g/mol. The van der Waals surface area contributed by atoms with E-state index in [4.69, 9.17) is 5.73 Å². The molecule has 1 aliphatic heterocycles.